The Morgan fingerprint density at radius 2 is 1.81 bits per heavy atom. The Morgan fingerprint density at radius 1 is 1.19 bits per heavy atom. The molecular weight excluding hydrogens is 234 g/mol. The maximum absolute atomic E-state index is 11.3. The highest BCUT2D eigenvalue weighted by atomic mass is 32.2. The lowest BCUT2D eigenvalue weighted by Gasteiger charge is -2.00. The van der Waals surface area contributed by atoms with Crippen LogP contribution in [-0.4, -0.2) is 21.0 Å². The summed E-state index contributed by atoms with van der Waals surface area (Å²) in [6.07, 6.45) is 0.770. The summed E-state index contributed by atoms with van der Waals surface area (Å²) in [6, 6.07) is 3.22. The van der Waals surface area contributed by atoms with Gasteiger partial charge in [-0.05, 0) is 23.7 Å². The van der Waals surface area contributed by atoms with Gasteiger partial charge in [-0.1, -0.05) is 0 Å². The summed E-state index contributed by atoms with van der Waals surface area (Å²) in [5.74, 6) is 0. The first-order valence-corrected chi connectivity index (χ1v) is 5.35. The molecule has 0 unspecified atom stereocenters. The zero-order valence-electron chi connectivity index (χ0n) is 7.77. The van der Waals surface area contributed by atoms with E-state index in [1.165, 1.54) is 0 Å². The number of hydrogen-bond donors (Lipinski definition) is 0. The van der Waals surface area contributed by atoms with E-state index in [0.29, 0.717) is 12.6 Å². The largest absolute Gasteiger partial charge is 0.298 e. The second-order valence-corrected chi connectivity index (χ2v) is 4.26. The predicted octanol–water partition coefficient (Wildman–Crippen LogP) is 1.31. The molecule has 0 heterocycles. The van der Waals surface area contributed by atoms with E-state index in [2.05, 4.69) is 9.43 Å². The van der Waals surface area contributed by atoms with E-state index in [0.717, 1.165) is 18.2 Å². The van der Waals surface area contributed by atoms with Crippen LogP contribution in [0.15, 0.2) is 27.6 Å². The van der Waals surface area contributed by atoms with Crippen LogP contribution >= 0.6 is 0 Å². The zero-order chi connectivity index (χ0) is 12.2. The summed E-state index contributed by atoms with van der Waals surface area (Å²) in [4.78, 5) is 22.9. The molecule has 0 amide bonds. The van der Waals surface area contributed by atoms with Crippen LogP contribution in [0.5, 0.6) is 0 Å². The number of hydrogen-bond acceptors (Lipinski definition) is 4. The third-order valence-electron chi connectivity index (χ3n) is 1.75. The van der Waals surface area contributed by atoms with E-state index in [9.17, 15) is 18.0 Å². The van der Waals surface area contributed by atoms with Crippen molar-refractivity contribution in [1.29, 1.82) is 0 Å². The number of carbonyl (C=O) groups is 2. The fourth-order valence-electron chi connectivity index (χ4n) is 1.02. The molecule has 16 heavy (non-hydrogen) atoms. The quantitative estimate of drug-likeness (QED) is 0.340. The van der Waals surface area contributed by atoms with Gasteiger partial charge < -0.3 is 0 Å². The zero-order valence-corrected chi connectivity index (χ0v) is 8.59. The van der Waals surface area contributed by atoms with Crippen molar-refractivity contribution in [1.82, 2.24) is 0 Å². The average molecular weight is 239 g/mol. The van der Waals surface area contributed by atoms with Gasteiger partial charge in [0.1, 0.15) is 0 Å². The van der Waals surface area contributed by atoms with Gasteiger partial charge in [0, 0.05) is 20.6 Å². The number of azide groups is 1. The monoisotopic (exact) mass is 239 g/mol. The lowest BCUT2D eigenvalue weighted by atomic mass is 10.1. The van der Waals surface area contributed by atoms with Gasteiger partial charge >= 0.3 is 0 Å². The normalized spacial score (nSPS) is 10.2. The molecule has 0 aliphatic carbocycles. The molecule has 0 N–H and O–H groups in total. The van der Waals surface area contributed by atoms with E-state index in [1.54, 1.807) is 0 Å². The Bertz CT molecular complexity index is 587. The van der Waals surface area contributed by atoms with Crippen LogP contribution in [0, 0.1) is 0 Å². The summed E-state index contributed by atoms with van der Waals surface area (Å²) in [5.41, 5.74) is 8.03. The number of sulfonamides is 1. The summed E-state index contributed by atoms with van der Waals surface area (Å²) in [5, 5.41) is 0. The van der Waals surface area contributed by atoms with E-state index < -0.39 is 10.0 Å². The molecule has 7 nitrogen and oxygen atoms in total. The SMILES string of the molecule is [N-]=[N+]=NS(=O)(=O)c1ccc(C=O)c(C=O)c1. The molecule has 0 aromatic heterocycles. The Labute approximate surface area is 90.4 Å². The van der Waals surface area contributed by atoms with Crippen LogP contribution < -0.4 is 0 Å². The standard InChI is InChI=1S/C8H5N3O4S/c9-10-11-16(14,15)8-2-1-6(4-12)7(3-8)5-13/h1-5H. The molecule has 0 bridgehead atoms. The molecule has 0 saturated heterocycles. The van der Waals surface area contributed by atoms with E-state index in [1.807, 2.05) is 0 Å². The molecule has 0 spiro atoms. The van der Waals surface area contributed by atoms with Gasteiger partial charge in [-0.3, -0.25) is 9.59 Å². The van der Waals surface area contributed by atoms with Crippen molar-refractivity contribution < 1.29 is 18.0 Å². The lowest BCUT2D eigenvalue weighted by molar-refractivity contribution is 0.109. The number of carbonyl (C=O) groups excluding carboxylic acids is 2. The lowest BCUT2D eigenvalue weighted by Crippen LogP contribution is -1.99. The van der Waals surface area contributed by atoms with Gasteiger partial charge in [-0.15, -0.1) is 0 Å². The molecule has 0 atom stereocenters. The molecular formula is C8H5N3O4S. The smallest absolute Gasteiger partial charge is 0.264 e. The summed E-state index contributed by atoms with van der Waals surface area (Å²) in [7, 11) is -4.13. The number of aldehydes is 2. The highest BCUT2D eigenvalue weighted by molar-refractivity contribution is 7.90. The fraction of sp³-hybridized carbons (Fsp3) is 0. The molecule has 1 rings (SSSR count). The van der Waals surface area contributed by atoms with Gasteiger partial charge in [-0.25, -0.2) is 8.42 Å². The second kappa shape index (κ2) is 4.56. The Kier molecular flexibility index (Phi) is 3.39. The van der Waals surface area contributed by atoms with Gasteiger partial charge in [0.05, 0.1) is 4.90 Å². The fourth-order valence-corrected chi connectivity index (χ4v) is 1.72. The van der Waals surface area contributed by atoms with Crippen molar-refractivity contribution in [3.8, 4) is 0 Å². The maximum Gasteiger partial charge on any atom is 0.264 e. The van der Waals surface area contributed by atoms with Crippen LogP contribution in [0.25, 0.3) is 10.4 Å². The molecule has 8 heteroatoms. The topological polar surface area (TPSA) is 117 Å². The highest BCUT2D eigenvalue weighted by Crippen LogP contribution is 2.16. The van der Waals surface area contributed by atoms with Crippen LogP contribution in [0.2, 0.25) is 0 Å². The third kappa shape index (κ3) is 2.25. The Balaban J connectivity index is 3.45. The molecule has 82 valence electrons. The van der Waals surface area contributed by atoms with Crippen LogP contribution in [-0.2, 0) is 10.0 Å². The number of nitrogens with zero attached hydrogens (tertiary/aromatic N) is 3. The first kappa shape index (κ1) is 11.9. The van der Waals surface area contributed by atoms with Gasteiger partial charge in [-0.2, -0.15) is 0 Å². The Morgan fingerprint density at radius 3 is 2.31 bits per heavy atom. The minimum atomic E-state index is -4.13. The van der Waals surface area contributed by atoms with Crippen molar-refractivity contribution in [3.05, 3.63) is 39.8 Å². The van der Waals surface area contributed by atoms with Gasteiger partial charge in [0.15, 0.2) is 12.6 Å². The summed E-state index contributed by atoms with van der Waals surface area (Å²) in [6.45, 7) is 0. The minimum Gasteiger partial charge on any atom is -0.298 e. The average Bonchev–Trinajstić information content (AvgIpc) is 2.28. The minimum absolute atomic E-state index is 0.0647. The van der Waals surface area contributed by atoms with Crippen LogP contribution in [0.4, 0.5) is 0 Å². The third-order valence-corrected chi connectivity index (χ3v) is 2.89. The summed E-state index contributed by atoms with van der Waals surface area (Å²) < 4.78 is 25.2. The second-order valence-electron chi connectivity index (χ2n) is 2.67. The molecule has 0 saturated carbocycles. The van der Waals surface area contributed by atoms with E-state index in [-0.39, 0.29) is 16.0 Å². The molecule has 0 radical (unpaired) electrons. The summed E-state index contributed by atoms with van der Waals surface area (Å²) >= 11 is 0. The van der Waals surface area contributed by atoms with Gasteiger partial charge in [0.25, 0.3) is 10.0 Å². The van der Waals surface area contributed by atoms with Crippen molar-refractivity contribution in [2.75, 3.05) is 0 Å². The van der Waals surface area contributed by atoms with E-state index in [4.69, 9.17) is 5.53 Å². The predicted molar refractivity (Wildman–Crippen MR) is 53.5 cm³/mol. The molecule has 0 aliphatic heterocycles. The Hall–Kier alpha value is -2.18. The van der Waals surface area contributed by atoms with Crippen molar-refractivity contribution in [2.45, 2.75) is 4.90 Å². The molecule has 1 aromatic rings. The van der Waals surface area contributed by atoms with Crippen LogP contribution in [0.3, 0.4) is 0 Å². The number of benzene rings is 1. The maximum atomic E-state index is 11.3. The van der Waals surface area contributed by atoms with Crippen molar-refractivity contribution in [3.63, 3.8) is 0 Å². The molecule has 0 fully saturated rings. The van der Waals surface area contributed by atoms with Crippen molar-refractivity contribution >= 4 is 22.6 Å². The van der Waals surface area contributed by atoms with E-state index >= 15 is 0 Å². The number of rotatable bonds is 4. The van der Waals surface area contributed by atoms with Crippen molar-refractivity contribution in [2.24, 2.45) is 4.52 Å². The first-order valence-electron chi connectivity index (χ1n) is 3.91. The molecule has 1 aromatic carbocycles. The van der Waals surface area contributed by atoms with Gasteiger partial charge in [0.2, 0.25) is 0 Å². The van der Waals surface area contributed by atoms with Crippen LogP contribution in [0.1, 0.15) is 20.7 Å². The highest BCUT2D eigenvalue weighted by Gasteiger charge is 2.13. The first-order chi connectivity index (χ1) is 7.55. The molecule has 0 aliphatic rings.